The van der Waals surface area contributed by atoms with E-state index in [1.807, 2.05) is 4.90 Å². The summed E-state index contributed by atoms with van der Waals surface area (Å²) < 4.78 is 58.6. The average molecular weight is 376 g/mol. The fraction of sp³-hybridized carbons (Fsp3) is 0.562. The summed E-state index contributed by atoms with van der Waals surface area (Å²) in [5.74, 6) is -2.82. The van der Waals surface area contributed by atoms with Crippen molar-refractivity contribution < 1.29 is 26.7 Å². The SMILES string of the molecule is CCOC(=O)CN1CCCN(S(=O)(=O)Cc2c(F)cccc2F)CC1. The number of hydrogen-bond donors (Lipinski definition) is 0. The summed E-state index contributed by atoms with van der Waals surface area (Å²) in [5.41, 5.74) is -0.449. The molecule has 1 saturated heterocycles. The highest BCUT2D eigenvalue weighted by atomic mass is 32.2. The summed E-state index contributed by atoms with van der Waals surface area (Å²) in [6.45, 7) is 3.44. The van der Waals surface area contributed by atoms with Crippen molar-refractivity contribution in [3.8, 4) is 0 Å². The molecular weight excluding hydrogens is 354 g/mol. The number of nitrogens with zero attached hydrogens (tertiary/aromatic N) is 2. The molecule has 0 amide bonds. The van der Waals surface area contributed by atoms with Gasteiger partial charge in [0.1, 0.15) is 11.6 Å². The van der Waals surface area contributed by atoms with E-state index in [1.165, 1.54) is 10.4 Å². The third-order valence-corrected chi connectivity index (χ3v) is 5.79. The Morgan fingerprint density at radius 2 is 1.84 bits per heavy atom. The molecule has 0 unspecified atom stereocenters. The zero-order chi connectivity index (χ0) is 18.4. The third-order valence-electron chi connectivity index (χ3n) is 3.99. The Morgan fingerprint density at radius 1 is 1.16 bits per heavy atom. The van der Waals surface area contributed by atoms with Gasteiger partial charge < -0.3 is 4.74 Å². The van der Waals surface area contributed by atoms with E-state index in [9.17, 15) is 22.0 Å². The van der Waals surface area contributed by atoms with Crippen molar-refractivity contribution in [1.82, 2.24) is 9.21 Å². The van der Waals surface area contributed by atoms with Crippen molar-refractivity contribution in [3.63, 3.8) is 0 Å². The molecule has 1 aromatic carbocycles. The Bertz CT molecular complexity index is 692. The fourth-order valence-corrected chi connectivity index (χ4v) is 4.31. The van der Waals surface area contributed by atoms with Gasteiger partial charge in [-0.25, -0.2) is 21.5 Å². The van der Waals surface area contributed by atoms with Crippen LogP contribution in [0.2, 0.25) is 0 Å². The van der Waals surface area contributed by atoms with Crippen LogP contribution in [0.5, 0.6) is 0 Å². The van der Waals surface area contributed by atoms with Gasteiger partial charge >= 0.3 is 5.97 Å². The number of rotatable bonds is 6. The predicted octanol–water partition coefficient (Wildman–Crippen LogP) is 1.37. The van der Waals surface area contributed by atoms with E-state index in [4.69, 9.17) is 4.74 Å². The normalized spacial score (nSPS) is 17.2. The van der Waals surface area contributed by atoms with Crippen molar-refractivity contribution in [1.29, 1.82) is 0 Å². The first kappa shape index (κ1) is 19.7. The highest BCUT2D eigenvalue weighted by molar-refractivity contribution is 7.88. The van der Waals surface area contributed by atoms with Crippen molar-refractivity contribution in [2.45, 2.75) is 19.1 Å². The first-order valence-electron chi connectivity index (χ1n) is 8.12. The number of sulfonamides is 1. The largest absolute Gasteiger partial charge is 0.465 e. The predicted molar refractivity (Wildman–Crippen MR) is 88.2 cm³/mol. The van der Waals surface area contributed by atoms with Crippen LogP contribution in [-0.4, -0.2) is 62.9 Å². The van der Waals surface area contributed by atoms with Crippen LogP contribution in [0.15, 0.2) is 18.2 Å². The summed E-state index contributed by atoms with van der Waals surface area (Å²) in [6.07, 6.45) is 0.526. The van der Waals surface area contributed by atoms with Crippen molar-refractivity contribution in [2.75, 3.05) is 39.3 Å². The van der Waals surface area contributed by atoms with Gasteiger partial charge in [-0.3, -0.25) is 9.69 Å². The smallest absolute Gasteiger partial charge is 0.320 e. The van der Waals surface area contributed by atoms with Gasteiger partial charge in [-0.1, -0.05) is 6.07 Å². The lowest BCUT2D eigenvalue weighted by Gasteiger charge is -2.21. The van der Waals surface area contributed by atoms with Crippen molar-refractivity contribution >= 4 is 16.0 Å². The molecule has 0 N–H and O–H groups in total. The standard InChI is InChI=1S/C16H22F2N2O4S/c1-2-24-16(21)11-19-7-4-8-20(10-9-19)25(22,23)12-13-14(17)5-3-6-15(13)18/h3,5-6H,2,4,7-12H2,1H3. The molecular formula is C16H22F2N2O4S. The molecule has 1 aromatic rings. The molecule has 0 aromatic heterocycles. The summed E-state index contributed by atoms with van der Waals surface area (Å²) >= 11 is 0. The molecule has 0 saturated carbocycles. The van der Waals surface area contributed by atoms with Gasteiger partial charge in [-0.05, 0) is 25.5 Å². The van der Waals surface area contributed by atoms with Gasteiger partial charge in [0.2, 0.25) is 10.0 Å². The minimum absolute atomic E-state index is 0.101. The number of benzene rings is 1. The topological polar surface area (TPSA) is 66.9 Å². The Labute approximate surface area is 146 Å². The zero-order valence-corrected chi connectivity index (χ0v) is 14.9. The molecule has 2 rings (SSSR count). The average Bonchev–Trinajstić information content (AvgIpc) is 2.77. The zero-order valence-electron chi connectivity index (χ0n) is 14.1. The Morgan fingerprint density at radius 3 is 2.48 bits per heavy atom. The first-order valence-corrected chi connectivity index (χ1v) is 9.73. The maximum absolute atomic E-state index is 13.7. The van der Waals surface area contributed by atoms with Gasteiger partial charge in [0.25, 0.3) is 0 Å². The lowest BCUT2D eigenvalue weighted by molar-refractivity contribution is -0.144. The van der Waals surface area contributed by atoms with Gasteiger partial charge in [0.05, 0.1) is 18.9 Å². The van der Waals surface area contributed by atoms with E-state index >= 15 is 0 Å². The van der Waals surface area contributed by atoms with Crippen LogP contribution in [0.25, 0.3) is 0 Å². The molecule has 6 nitrogen and oxygen atoms in total. The molecule has 1 aliphatic heterocycles. The van der Waals surface area contributed by atoms with Crippen LogP contribution in [0.4, 0.5) is 8.78 Å². The molecule has 0 radical (unpaired) electrons. The molecule has 9 heteroatoms. The molecule has 0 aliphatic carbocycles. The summed E-state index contributed by atoms with van der Waals surface area (Å²) in [7, 11) is -3.86. The Hall–Kier alpha value is -1.58. The van der Waals surface area contributed by atoms with Crippen molar-refractivity contribution in [3.05, 3.63) is 35.4 Å². The maximum Gasteiger partial charge on any atom is 0.320 e. The number of ether oxygens (including phenoxy) is 1. The van der Waals surface area contributed by atoms with Crippen LogP contribution in [-0.2, 0) is 25.3 Å². The second kappa shape index (κ2) is 8.68. The summed E-state index contributed by atoms with van der Waals surface area (Å²) in [4.78, 5) is 13.4. The van der Waals surface area contributed by atoms with Crippen LogP contribution in [0, 0.1) is 11.6 Å². The summed E-state index contributed by atoms with van der Waals surface area (Å²) in [6, 6.07) is 3.27. The van der Waals surface area contributed by atoms with Crippen molar-refractivity contribution in [2.24, 2.45) is 0 Å². The summed E-state index contributed by atoms with van der Waals surface area (Å²) in [5, 5.41) is 0. The molecule has 0 spiro atoms. The highest BCUT2D eigenvalue weighted by Gasteiger charge is 2.28. The molecule has 0 bridgehead atoms. The molecule has 1 heterocycles. The molecule has 25 heavy (non-hydrogen) atoms. The number of halogens is 2. The van der Waals surface area contributed by atoms with Gasteiger partial charge in [0.15, 0.2) is 0 Å². The highest BCUT2D eigenvalue weighted by Crippen LogP contribution is 2.19. The van der Waals surface area contributed by atoms with E-state index in [0.717, 1.165) is 12.1 Å². The molecule has 140 valence electrons. The minimum atomic E-state index is -3.86. The second-order valence-electron chi connectivity index (χ2n) is 5.79. The number of esters is 1. The number of carbonyl (C=O) groups excluding carboxylic acids is 1. The molecule has 0 atom stereocenters. The number of carbonyl (C=O) groups is 1. The van der Waals surface area contributed by atoms with Crippen LogP contribution < -0.4 is 0 Å². The molecule has 1 fully saturated rings. The third kappa shape index (κ3) is 5.45. The van der Waals surface area contributed by atoms with E-state index in [1.54, 1.807) is 6.92 Å². The first-order chi connectivity index (χ1) is 11.8. The fourth-order valence-electron chi connectivity index (χ4n) is 2.72. The maximum atomic E-state index is 13.7. The molecule has 1 aliphatic rings. The van der Waals surface area contributed by atoms with E-state index in [2.05, 4.69) is 0 Å². The van der Waals surface area contributed by atoms with Crippen LogP contribution in [0.1, 0.15) is 18.9 Å². The minimum Gasteiger partial charge on any atom is -0.465 e. The number of hydrogen-bond acceptors (Lipinski definition) is 5. The second-order valence-corrected chi connectivity index (χ2v) is 7.76. The van der Waals surface area contributed by atoms with E-state index < -0.39 is 33.0 Å². The monoisotopic (exact) mass is 376 g/mol. The van der Waals surface area contributed by atoms with Gasteiger partial charge in [0, 0.05) is 31.7 Å². The van der Waals surface area contributed by atoms with Crippen LogP contribution in [0.3, 0.4) is 0 Å². The quantitative estimate of drug-likeness (QED) is 0.702. The lowest BCUT2D eigenvalue weighted by atomic mass is 10.2. The Balaban J connectivity index is 2.02. The Kier molecular flexibility index (Phi) is 6.86. The lowest BCUT2D eigenvalue weighted by Crippen LogP contribution is -2.37. The van der Waals surface area contributed by atoms with Gasteiger partial charge in [-0.15, -0.1) is 0 Å². The van der Waals surface area contributed by atoms with Gasteiger partial charge in [-0.2, -0.15) is 0 Å². The van der Waals surface area contributed by atoms with Crippen LogP contribution >= 0.6 is 0 Å². The van der Waals surface area contributed by atoms with E-state index in [-0.39, 0.29) is 25.6 Å². The van der Waals surface area contributed by atoms with E-state index in [0.29, 0.717) is 26.1 Å².